The third-order valence-corrected chi connectivity index (χ3v) is 5.67. The summed E-state index contributed by atoms with van der Waals surface area (Å²) in [5, 5.41) is 5.37. The standard InChI is InChI=1S/C23H26F3N5O3S/c1-13(2)10-22(4,34-19(27)32)12-33-18-6-5-15(9-16(18)23(24,25)26)17-7-8-28-20(30-17)31-21-29-14(3)11-35-21/h5-9,11,13H,10,12H2,1-4H3,(H2,27,32)(H,28,29,30,31)/t22-/m0/s1. The number of carbonyl (C=O) groups excluding carboxylic acids is 1. The van der Waals surface area contributed by atoms with E-state index < -0.39 is 29.2 Å². The number of nitrogens with one attached hydrogen (secondary N) is 1. The third-order valence-electron chi connectivity index (χ3n) is 4.79. The summed E-state index contributed by atoms with van der Waals surface area (Å²) < 4.78 is 52.4. The van der Waals surface area contributed by atoms with E-state index >= 15 is 0 Å². The molecular weight excluding hydrogens is 483 g/mol. The second kappa shape index (κ2) is 10.5. The van der Waals surface area contributed by atoms with E-state index in [1.54, 1.807) is 6.92 Å². The summed E-state index contributed by atoms with van der Waals surface area (Å²) in [7, 11) is 0. The normalized spacial score (nSPS) is 13.4. The van der Waals surface area contributed by atoms with Crippen molar-refractivity contribution in [3.63, 3.8) is 0 Å². The van der Waals surface area contributed by atoms with E-state index in [4.69, 9.17) is 15.2 Å². The number of anilines is 2. The maximum Gasteiger partial charge on any atom is 0.419 e. The van der Waals surface area contributed by atoms with Crippen LogP contribution in [-0.2, 0) is 10.9 Å². The number of hydrogen-bond acceptors (Lipinski definition) is 8. The lowest BCUT2D eigenvalue weighted by molar-refractivity contribution is -0.139. The minimum Gasteiger partial charge on any atom is -0.489 e. The molecule has 0 saturated carbocycles. The lowest BCUT2D eigenvalue weighted by Crippen LogP contribution is -2.41. The number of carbonyl (C=O) groups is 1. The molecule has 0 radical (unpaired) electrons. The van der Waals surface area contributed by atoms with Crippen molar-refractivity contribution in [1.29, 1.82) is 0 Å². The molecule has 0 unspecified atom stereocenters. The number of aryl methyl sites for hydroxylation is 1. The lowest BCUT2D eigenvalue weighted by Gasteiger charge is -2.30. The summed E-state index contributed by atoms with van der Waals surface area (Å²) in [4.78, 5) is 24.0. The van der Waals surface area contributed by atoms with Crippen molar-refractivity contribution in [2.24, 2.45) is 11.7 Å². The number of nitrogens with zero attached hydrogens (tertiary/aromatic N) is 3. The van der Waals surface area contributed by atoms with Crippen LogP contribution in [0.25, 0.3) is 11.3 Å². The quantitative estimate of drug-likeness (QED) is 0.367. The third kappa shape index (κ3) is 7.28. The van der Waals surface area contributed by atoms with E-state index in [0.717, 1.165) is 11.8 Å². The summed E-state index contributed by atoms with van der Waals surface area (Å²) in [5.74, 6) is -0.102. The number of amides is 1. The SMILES string of the molecule is Cc1csc(Nc2nccc(-c3ccc(OC[C@](C)(CC(C)C)OC(N)=O)c(C(F)(F)F)c3)n2)n1. The predicted octanol–water partition coefficient (Wildman–Crippen LogP) is 5.95. The van der Waals surface area contributed by atoms with Gasteiger partial charge in [0.25, 0.3) is 0 Å². The lowest BCUT2D eigenvalue weighted by atomic mass is 9.95. The van der Waals surface area contributed by atoms with Crippen LogP contribution in [0.3, 0.4) is 0 Å². The monoisotopic (exact) mass is 509 g/mol. The topological polar surface area (TPSA) is 112 Å². The Balaban J connectivity index is 1.88. The van der Waals surface area contributed by atoms with E-state index in [1.165, 1.54) is 35.7 Å². The van der Waals surface area contributed by atoms with Crippen LogP contribution in [0.1, 0.15) is 38.4 Å². The van der Waals surface area contributed by atoms with Gasteiger partial charge in [0.05, 0.1) is 17.0 Å². The number of halogens is 3. The van der Waals surface area contributed by atoms with Crippen LogP contribution in [0, 0.1) is 12.8 Å². The van der Waals surface area contributed by atoms with Gasteiger partial charge in [-0.2, -0.15) is 13.2 Å². The van der Waals surface area contributed by atoms with Gasteiger partial charge in [0.2, 0.25) is 5.95 Å². The summed E-state index contributed by atoms with van der Waals surface area (Å²) in [5.41, 5.74) is 4.31. The molecule has 0 aliphatic carbocycles. The average Bonchev–Trinajstić information content (AvgIpc) is 3.15. The maximum absolute atomic E-state index is 13.9. The van der Waals surface area contributed by atoms with Crippen LogP contribution in [-0.4, -0.2) is 33.3 Å². The molecule has 3 rings (SSSR count). The Morgan fingerprint density at radius 3 is 2.57 bits per heavy atom. The highest BCUT2D eigenvalue weighted by molar-refractivity contribution is 7.13. The number of rotatable bonds is 9. The second-order valence-electron chi connectivity index (χ2n) is 8.65. The van der Waals surface area contributed by atoms with E-state index in [0.29, 0.717) is 11.6 Å². The molecule has 188 valence electrons. The fraction of sp³-hybridized carbons (Fsp3) is 0.391. The molecule has 0 spiro atoms. The molecule has 0 aliphatic heterocycles. The number of aromatic nitrogens is 3. The van der Waals surface area contributed by atoms with Crippen LogP contribution < -0.4 is 15.8 Å². The van der Waals surface area contributed by atoms with E-state index in [1.807, 2.05) is 26.2 Å². The maximum atomic E-state index is 13.9. The molecule has 2 heterocycles. The highest BCUT2D eigenvalue weighted by atomic mass is 32.1. The van der Waals surface area contributed by atoms with Gasteiger partial charge in [0, 0.05) is 17.1 Å². The number of primary amides is 1. The van der Waals surface area contributed by atoms with Crippen LogP contribution in [0.15, 0.2) is 35.8 Å². The van der Waals surface area contributed by atoms with Crippen molar-refractivity contribution < 1.29 is 27.4 Å². The molecule has 0 fully saturated rings. The molecule has 0 aliphatic rings. The highest BCUT2D eigenvalue weighted by Crippen LogP contribution is 2.39. The highest BCUT2D eigenvalue weighted by Gasteiger charge is 2.37. The zero-order valence-corrected chi connectivity index (χ0v) is 20.5. The average molecular weight is 510 g/mol. The minimum absolute atomic E-state index is 0.0845. The summed E-state index contributed by atoms with van der Waals surface area (Å²) in [6.45, 7) is 6.88. The Morgan fingerprint density at radius 2 is 1.97 bits per heavy atom. The Bertz CT molecular complexity index is 1190. The molecular formula is C23H26F3N5O3S. The number of hydrogen-bond donors (Lipinski definition) is 2. The van der Waals surface area contributed by atoms with Crippen molar-refractivity contribution in [1.82, 2.24) is 15.0 Å². The smallest absolute Gasteiger partial charge is 0.419 e. The van der Waals surface area contributed by atoms with Crippen LogP contribution >= 0.6 is 11.3 Å². The molecule has 0 saturated heterocycles. The van der Waals surface area contributed by atoms with Crippen molar-refractivity contribution in [3.05, 3.63) is 47.1 Å². The first-order valence-corrected chi connectivity index (χ1v) is 11.6. The number of thiazole rings is 1. The Hall–Kier alpha value is -3.41. The van der Waals surface area contributed by atoms with Gasteiger partial charge in [0.15, 0.2) is 5.13 Å². The predicted molar refractivity (Wildman–Crippen MR) is 127 cm³/mol. The summed E-state index contributed by atoms with van der Waals surface area (Å²) >= 11 is 1.36. The van der Waals surface area contributed by atoms with Gasteiger partial charge < -0.3 is 20.5 Å². The van der Waals surface area contributed by atoms with Gasteiger partial charge in [-0.05, 0) is 50.5 Å². The molecule has 1 aromatic carbocycles. The van der Waals surface area contributed by atoms with Gasteiger partial charge in [-0.15, -0.1) is 11.3 Å². The number of benzene rings is 1. The molecule has 8 nitrogen and oxygen atoms in total. The second-order valence-corrected chi connectivity index (χ2v) is 9.51. The number of nitrogens with two attached hydrogens (primary N) is 1. The van der Waals surface area contributed by atoms with E-state index in [9.17, 15) is 18.0 Å². The molecule has 35 heavy (non-hydrogen) atoms. The zero-order chi connectivity index (χ0) is 25.8. The molecule has 2 aromatic heterocycles. The fourth-order valence-electron chi connectivity index (χ4n) is 3.59. The van der Waals surface area contributed by atoms with Gasteiger partial charge in [-0.3, -0.25) is 0 Å². The summed E-state index contributed by atoms with van der Waals surface area (Å²) in [6, 6.07) is 5.16. The molecule has 1 amide bonds. The van der Waals surface area contributed by atoms with Gasteiger partial charge in [0.1, 0.15) is 18.0 Å². The molecule has 1 atom stereocenters. The van der Waals surface area contributed by atoms with Crippen LogP contribution in [0.4, 0.5) is 29.0 Å². The Morgan fingerprint density at radius 1 is 1.23 bits per heavy atom. The van der Waals surface area contributed by atoms with Gasteiger partial charge in [-0.1, -0.05) is 13.8 Å². The van der Waals surface area contributed by atoms with Gasteiger partial charge >= 0.3 is 12.3 Å². The van der Waals surface area contributed by atoms with Crippen molar-refractivity contribution in [2.75, 3.05) is 11.9 Å². The van der Waals surface area contributed by atoms with Crippen LogP contribution in [0.5, 0.6) is 5.75 Å². The minimum atomic E-state index is -4.70. The fourth-order valence-corrected chi connectivity index (χ4v) is 4.27. The number of alkyl halides is 3. The first-order chi connectivity index (χ1) is 16.3. The summed E-state index contributed by atoms with van der Waals surface area (Å²) in [6.07, 6.45) is -3.92. The molecule has 3 N–H and O–H groups in total. The van der Waals surface area contributed by atoms with E-state index in [-0.39, 0.29) is 29.7 Å². The van der Waals surface area contributed by atoms with Crippen molar-refractivity contribution in [2.45, 2.75) is 45.9 Å². The Kier molecular flexibility index (Phi) is 7.83. The van der Waals surface area contributed by atoms with Gasteiger partial charge in [-0.25, -0.2) is 19.7 Å². The molecule has 12 heteroatoms. The van der Waals surface area contributed by atoms with Crippen molar-refractivity contribution >= 4 is 28.5 Å². The Labute approximate surface area is 204 Å². The molecule has 3 aromatic rings. The first kappa shape index (κ1) is 26.2. The number of ether oxygens (including phenoxy) is 2. The molecule has 0 bridgehead atoms. The van der Waals surface area contributed by atoms with E-state index in [2.05, 4.69) is 20.3 Å². The largest absolute Gasteiger partial charge is 0.489 e. The first-order valence-electron chi connectivity index (χ1n) is 10.7. The zero-order valence-electron chi connectivity index (χ0n) is 19.6. The van der Waals surface area contributed by atoms with Crippen LogP contribution in [0.2, 0.25) is 0 Å². The van der Waals surface area contributed by atoms with Crippen molar-refractivity contribution in [3.8, 4) is 17.0 Å².